The van der Waals surface area contributed by atoms with Gasteiger partial charge in [0.2, 0.25) is 0 Å². The van der Waals surface area contributed by atoms with Crippen molar-refractivity contribution in [2.75, 3.05) is 0 Å². The molecule has 4 heteroatoms. The third-order valence-corrected chi connectivity index (χ3v) is 6.96. The summed E-state index contributed by atoms with van der Waals surface area (Å²) in [5.74, 6) is 0.848. The van der Waals surface area contributed by atoms with Gasteiger partial charge in [0.25, 0.3) is 5.91 Å². The topological polar surface area (TPSA) is 29.1 Å². The molecule has 3 atom stereocenters. The third-order valence-electron chi connectivity index (χ3n) is 5.34. The summed E-state index contributed by atoms with van der Waals surface area (Å²) < 4.78 is 1.01. The summed E-state index contributed by atoms with van der Waals surface area (Å²) in [6.07, 6.45) is 3.83. The summed E-state index contributed by atoms with van der Waals surface area (Å²) in [5, 5.41) is 3.32. The Balaban J connectivity index is 1.81. The van der Waals surface area contributed by atoms with Crippen LogP contribution in [0.5, 0.6) is 0 Å². The Morgan fingerprint density at radius 2 is 2.16 bits per heavy atom. The van der Waals surface area contributed by atoms with Crippen molar-refractivity contribution in [3.05, 3.63) is 20.8 Å². The number of hydrogen-bond donors (Lipinski definition) is 1. The maximum atomic E-state index is 12.4. The minimum absolute atomic E-state index is 0.0857. The number of nitrogens with one attached hydrogen (secondary N) is 1. The van der Waals surface area contributed by atoms with Crippen molar-refractivity contribution in [2.24, 2.45) is 16.7 Å². The highest BCUT2D eigenvalue weighted by atomic mass is 79.9. The van der Waals surface area contributed by atoms with Crippen LogP contribution in [0.2, 0.25) is 0 Å². The first-order valence-electron chi connectivity index (χ1n) is 6.89. The zero-order valence-corrected chi connectivity index (χ0v) is 14.0. The van der Waals surface area contributed by atoms with Crippen LogP contribution in [0.3, 0.4) is 0 Å². The Bertz CT molecular complexity index is 519. The fourth-order valence-corrected chi connectivity index (χ4v) is 5.59. The summed E-state index contributed by atoms with van der Waals surface area (Å²) in [5.41, 5.74) is 0.509. The van der Waals surface area contributed by atoms with Gasteiger partial charge in [-0.2, -0.15) is 0 Å². The SMILES string of the molecule is CC12CCC(C1)C(C)(C)C2NC(=O)c1ccc(Br)s1. The predicted octanol–water partition coefficient (Wildman–Crippen LogP) is 4.46. The Labute approximate surface area is 127 Å². The zero-order chi connectivity index (χ0) is 13.8. The largest absolute Gasteiger partial charge is 0.348 e. The van der Waals surface area contributed by atoms with Gasteiger partial charge in [0.15, 0.2) is 0 Å². The van der Waals surface area contributed by atoms with Gasteiger partial charge in [0.1, 0.15) is 0 Å². The van der Waals surface area contributed by atoms with Crippen LogP contribution < -0.4 is 5.32 Å². The van der Waals surface area contributed by atoms with Gasteiger partial charge in [-0.3, -0.25) is 4.79 Å². The first kappa shape index (κ1) is 13.6. The third kappa shape index (κ3) is 2.07. The molecule has 104 valence electrons. The lowest BCUT2D eigenvalue weighted by Gasteiger charge is -2.43. The standard InChI is InChI=1S/C15H20BrNOS/c1-14(2)9-6-7-15(3,8-9)13(14)17-12(18)10-4-5-11(16)19-10/h4-5,9,13H,6-8H2,1-3H3,(H,17,18). The van der Waals surface area contributed by atoms with Crippen molar-refractivity contribution in [1.82, 2.24) is 5.32 Å². The number of carbonyl (C=O) groups excluding carboxylic acids is 1. The minimum atomic E-state index is 0.0857. The monoisotopic (exact) mass is 341 g/mol. The lowest BCUT2D eigenvalue weighted by atomic mass is 9.68. The van der Waals surface area contributed by atoms with E-state index in [0.29, 0.717) is 6.04 Å². The maximum absolute atomic E-state index is 12.4. The second kappa shape index (κ2) is 4.32. The number of amides is 1. The van der Waals surface area contributed by atoms with Gasteiger partial charge in [-0.1, -0.05) is 20.8 Å². The molecule has 2 aliphatic rings. The number of thiophene rings is 1. The fraction of sp³-hybridized carbons (Fsp3) is 0.667. The van der Waals surface area contributed by atoms with Crippen LogP contribution in [0.15, 0.2) is 15.9 Å². The van der Waals surface area contributed by atoms with Gasteiger partial charge < -0.3 is 5.32 Å². The molecule has 1 N–H and O–H groups in total. The molecule has 1 heterocycles. The number of rotatable bonds is 2. The van der Waals surface area contributed by atoms with Gasteiger partial charge in [-0.25, -0.2) is 0 Å². The fourth-order valence-electron chi connectivity index (χ4n) is 4.30. The summed E-state index contributed by atoms with van der Waals surface area (Å²) >= 11 is 4.92. The second-order valence-electron chi connectivity index (χ2n) is 6.93. The molecule has 0 aliphatic heterocycles. The molecule has 3 unspecified atom stereocenters. The molecule has 1 aromatic rings. The van der Waals surface area contributed by atoms with Gasteiger partial charge in [0.05, 0.1) is 8.66 Å². The van der Waals surface area contributed by atoms with E-state index in [1.54, 1.807) is 0 Å². The van der Waals surface area contributed by atoms with Crippen LogP contribution in [-0.4, -0.2) is 11.9 Å². The lowest BCUT2D eigenvalue weighted by Crippen LogP contribution is -2.52. The van der Waals surface area contributed by atoms with Crippen LogP contribution in [0, 0.1) is 16.7 Å². The van der Waals surface area contributed by atoms with Crippen molar-refractivity contribution >= 4 is 33.2 Å². The van der Waals surface area contributed by atoms with Gasteiger partial charge in [-0.15, -0.1) is 11.3 Å². The summed E-state index contributed by atoms with van der Waals surface area (Å²) in [4.78, 5) is 13.2. The van der Waals surface area contributed by atoms with Crippen molar-refractivity contribution in [2.45, 2.75) is 46.1 Å². The first-order chi connectivity index (χ1) is 8.83. The molecule has 2 aliphatic carbocycles. The van der Waals surface area contributed by atoms with Crippen LogP contribution in [0.1, 0.15) is 49.7 Å². The molecule has 0 saturated heterocycles. The van der Waals surface area contributed by atoms with E-state index >= 15 is 0 Å². The molecule has 2 saturated carbocycles. The van der Waals surface area contributed by atoms with Crippen molar-refractivity contribution in [1.29, 1.82) is 0 Å². The zero-order valence-electron chi connectivity index (χ0n) is 11.6. The molecule has 0 aromatic carbocycles. The van der Waals surface area contributed by atoms with Gasteiger partial charge in [-0.05, 0) is 64.1 Å². The highest BCUT2D eigenvalue weighted by molar-refractivity contribution is 9.11. The van der Waals surface area contributed by atoms with E-state index in [-0.39, 0.29) is 16.7 Å². The number of halogens is 1. The normalized spacial score (nSPS) is 35.6. The molecular weight excluding hydrogens is 322 g/mol. The van der Waals surface area contributed by atoms with Crippen LogP contribution in [0.4, 0.5) is 0 Å². The van der Waals surface area contributed by atoms with E-state index in [1.165, 1.54) is 30.6 Å². The molecule has 2 nitrogen and oxygen atoms in total. The van der Waals surface area contributed by atoms with Crippen LogP contribution >= 0.6 is 27.3 Å². The quantitative estimate of drug-likeness (QED) is 0.845. The molecular formula is C15H20BrNOS. The molecule has 0 radical (unpaired) electrons. The number of hydrogen-bond acceptors (Lipinski definition) is 2. The van der Waals surface area contributed by atoms with Crippen molar-refractivity contribution in [3.63, 3.8) is 0 Å². The second-order valence-corrected chi connectivity index (χ2v) is 9.39. The molecule has 0 spiro atoms. The lowest BCUT2D eigenvalue weighted by molar-refractivity contribution is 0.0741. The summed E-state index contributed by atoms with van der Waals surface area (Å²) in [6.45, 7) is 6.98. The highest BCUT2D eigenvalue weighted by Crippen LogP contribution is 2.62. The Kier molecular flexibility index (Phi) is 3.10. The van der Waals surface area contributed by atoms with E-state index in [1.807, 2.05) is 12.1 Å². The molecule has 19 heavy (non-hydrogen) atoms. The number of fused-ring (bicyclic) bond motifs is 2. The van der Waals surface area contributed by atoms with E-state index < -0.39 is 0 Å². The van der Waals surface area contributed by atoms with E-state index in [2.05, 4.69) is 42.0 Å². The molecule has 3 rings (SSSR count). The Hall–Kier alpha value is -0.350. The molecule has 1 amide bonds. The van der Waals surface area contributed by atoms with Crippen LogP contribution in [-0.2, 0) is 0 Å². The summed E-state index contributed by atoms with van der Waals surface area (Å²) in [6, 6.07) is 4.13. The average molecular weight is 342 g/mol. The Morgan fingerprint density at radius 3 is 2.68 bits per heavy atom. The van der Waals surface area contributed by atoms with Crippen molar-refractivity contribution < 1.29 is 4.79 Å². The maximum Gasteiger partial charge on any atom is 0.261 e. The van der Waals surface area contributed by atoms with E-state index in [9.17, 15) is 4.79 Å². The first-order valence-corrected chi connectivity index (χ1v) is 8.50. The highest BCUT2D eigenvalue weighted by Gasteiger charge is 2.59. The summed E-state index contributed by atoms with van der Waals surface area (Å²) in [7, 11) is 0. The van der Waals surface area contributed by atoms with E-state index in [4.69, 9.17) is 0 Å². The van der Waals surface area contributed by atoms with Gasteiger partial charge in [0, 0.05) is 6.04 Å². The van der Waals surface area contributed by atoms with Crippen LogP contribution in [0.25, 0.3) is 0 Å². The van der Waals surface area contributed by atoms with E-state index in [0.717, 1.165) is 14.6 Å². The smallest absolute Gasteiger partial charge is 0.261 e. The number of carbonyl (C=O) groups is 1. The minimum Gasteiger partial charge on any atom is -0.348 e. The molecule has 2 fully saturated rings. The predicted molar refractivity (Wildman–Crippen MR) is 82.5 cm³/mol. The van der Waals surface area contributed by atoms with Crippen molar-refractivity contribution in [3.8, 4) is 0 Å². The Morgan fingerprint density at radius 1 is 1.42 bits per heavy atom. The molecule has 2 bridgehead atoms. The average Bonchev–Trinajstić information content (AvgIpc) is 2.96. The van der Waals surface area contributed by atoms with Gasteiger partial charge >= 0.3 is 0 Å². The molecule has 1 aromatic heterocycles.